The molecule has 0 unspecified atom stereocenters. The number of phenols is 1. The van der Waals surface area contributed by atoms with E-state index in [1.807, 2.05) is 6.92 Å². The maximum Gasteiger partial charge on any atom is 0.191 e. The minimum atomic E-state index is -0.616. The molecule has 0 radical (unpaired) electrons. The van der Waals surface area contributed by atoms with E-state index in [1.165, 1.54) is 12.1 Å². The number of halogens is 2. The average molecular weight is 508 g/mol. The zero-order valence-electron chi connectivity index (χ0n) is 17.1. The normalized spacial score (nSPS) is 16.1. The van der Waals surface area contributed by atoms with Crippen molar-refractivity contribution in [3.63, 3.8) is 0 Å². The van der Waals surface area contributed by atoms with E-state index >= 15 is 0 Å². The first kappa shape index (κ1) is 24.9. The number of aromatic hydroxyl groups is 1. The molecule has 28 heavy (non-hydrogen) atoms. The van der Waals surface area contributed by atoms with Gasteiger partial charge in [-0.2, -0.15) is 0 Å². The van der Waals surface area contributed by atoms with Crippen molar-refractivity contribution in [3.05, 3.63) is 29.6 Å². The Morgan fingerprint density at radius 1 is 1.36 bits per heavy atom. The van der Waals surface area contributed by atoms with Crippen molar-refractivity contribution in [1.29, 1.82) is 0 Å². The third-order valence-electron chi connectivity index (χ3n) is 4.56. The van der Waals surface area contributed by atoms with Crippen LogP contribution in [0.1, 0.15) is 39.2 Å². The molecule has 1 heterocycles. The molecule has 0 saturated carbocycles. The highest BCUT2D eigenvalue weighted by Gasteiger charge is 2.19. The quantitative estimate of drug-likeness (QED) is 0.286. The predicted octanol–water partition coefficient (Wildman–Crippen LogP) is 3.09. The average Bonchev–Trinajstić information content (AvgIpc) is 2.64. The summed E-state index contributed by atoms with van der Waals surface area (Å²) in [5, 5.41) is 16.0. The molecule has 1 aromatic carbocycles. The molecule has 1 fully saturated rings. The summed E-state index contributed by atoms with van der Waals surface area (Å²) in [5.74, 6) is -0.208. The molecule has 1 aliphatic rings. The summed E-state index contributed by atoms with van der Waals surface area (Å²) < 4.78 is 19.1. The number of ether oxygens (including phenoxy) is 1. The van der Waals surface area contributed by atoms with Gasteiger partial charge in [-0.25, -0.2) is 9.38 Å². The lowest BCUT2D eigenvalue weighted by Crippen LogP contribution is -2.49. The maximum atomic E-state index is 13.5. The van der Waals surface area contributed by atoms with Crippen LogP contribution >= 0.6 is 24.0 Å². The standard InChI is InChI=1S/C20H33FN4O2.HI/c1-4-22-20(23-14-16-5-6-19(26)18(21)13-16)24-17-7-9-25(10-8-17)11-12-27-15(2)3;/h5-6,13,15,17,26H,4,7-12,14H2,1-3H3,(H2,22,23,24);1H. The van der Waals surface area contributed by atoms with Gasteiger partial charge >= 0.3 is 0 Å². The summed E-state index contributed by atoms with van der Waals surface area (Å²) in [6.07, 6.45) is 2.39. The van der Waals surface area contributed by atoms with Gasteiger partial charge in [0.2, 0.25) is 0 Å². The lowest BCUT2D eigenvalue weighted by molar-refractivity contribution is 0.0532. The molecule has 0 aromatic heterocycles. The first-order chi connectivity index (χ1) is 13.0. The van der Waals surface area contributed by atoms with Gasteiger partial charge in [-0.3, -0.25) is 0 Å². The molecule has 8 heteroatoms. The number of nitrogens with zero attached hydrogens (tertiary/aromatic N) is 2. The third-order valence-corrected chi connectivity index (χ3v) is 4.56. The molecule has 0 amide bonds. The molecule has 1 saturated heterocycles. The van der Waals surface area contributed by atoms with Crippen molar-refractivity contribution < 1.29 is 14.2 Å². The Hall–Kier alpha value is -1.13. The zero-order valence-corrected chi connectivity index (χ0v) is 19.4. The van der Waals surface area contributed by atoms with E-state index in [4.69, 9.17) is 4.74 Å². The summed E-state index contributed by atoms with van der Waals surface area (Å²) in [5.41, 5.74) is 0.725. The predicted molar refractivity (Wildman–Crippen MR) is 122 cm³/mol. The van der Waals surface area contributed by atoms with Gasteiger partial charge in [-0.1, -0.05) is 6.07 Å². The number of hydrogen-bond donors (Lipinski definition) is 3. The lowest BCUT2D eigenvalue weighted by Gasteiger charge is -2.33. The Labute approximate surface area is 185 Å². The van der Waals surface area contributed by atoms with Crippen LogP contribution in [0.4, 0.5) is 4.39 Å². The van der Waals surface area contributed by atoms with Crippen molar-refractivity contribution in [2.24, 2.45) is 4.99 Å². The third kappa shape index (κ3) is 8.91. The largest absolute Gasteiger partial charge is 0.505 e. The number of nitrogens with one attached hydrogen (secondary N) is 2. The van der Waals surface area contributed by atoms with Crippen LogP contribution in [-0.4, -0.2) is 60.9 Å². The molecular weight excluding hydrogens is 474 g/mol. The Morgan fingerprint density at radius 2 is 2.07 bits per heavy atom. The minimum Gasteiger partial charge on any atom is -0.505 e. The Morgan fingerprint density at radius 3 is 2.68 bits per heavy atom. The SMILES string of the molecule is CCNC(=NCc1ccc(O)c(F)c1)NC1CCN(CCOC(C)C)CC1.I. The maximum absolute atomic E-state index is 13.5. The molecule has 160 valence electrons. The van der Waals surface area contributed by atoms with Crippen molar-refractivity contribution in [3.8, 4) is 5.75 Å². The number of guanidine groups is 1. The molecule has 1 aromatic rings. The highest BCUT2D eigenvalue weighted by atomic mass is 127. The van der Waals surface area contributed by atoms with Gasteiger partial charge in [-0.05, 0) is 51.3 Å². The van der Waals surface area contributed by atoms with Crippen LogP contribution in [0.25, 0.3) is 0 Å². The van der Waals surface area contributed by atoms with E-state index < -0.39 is 5.82 Å². The highest BCUT2D eigenvalue weighted by molar-refractivity contribution is 14.0. The number of likely N-dealkylation sites (tertiary alicyclic amines) is 1. The number of rotatable bonds is 8. The number of piperidine rings is 1. The number of aliphatic imine (C=N–C) groups is 1. The van der Waals surface area contributed by atoms with Gasteiger partial charge in [0.1, 0.15) is 0 Å². The Kier molecular flexibility index (Phi) is 11.7. The van der Waals surface area contributed by atoms with Crippen molar-refractivity contribution in [2.75, 3.05) is 32.8 Å². The molecule has 0 bridgehead atoms. The molecule has 6 nitrogen and oxygen atoms in total. The van der Waals surface area contributed by atoms with Crippen LogP contribution in [-0.2, 0) is 11.3 Å². The summed E-state index contributed by atoms with van der Waals surface area (Å²) in [6, 6.07) is 4.74. The second-order valence-corrected chi connectivity index (χ2v) is 7.16. The van der Waals surface area contributed by atoms with E-state index in [-0.39, 0.29) is 35.8 Å². The van der Waals surface area contributed by atoms with Gasteiger partial charge in [0.15, 0.2) is 17.5 Å². The number of phenolic OH excluding ortho intramolecular Hbond substituents is 1. The van der Waals surface area contributed by atoms with Crippen LogP contribution in [0.15, 0.2) is 23.2 Å². The van der Waals surface area contributed by atoms with Gasteiger partial charge in [0.25, 0.3) is 0 Å². The molecule has 3 N–H and O–H groups in total. The lowest BCUT2D eigenvalue weighted by atomic mass is 10.1. The number of hydrogen-bond acceptors (Lipinski definition) is 4. The van der Waals surface area contributed by atoms with Crippen LogP contribution in [0.5, 0.6) is 5.75 Å². The summed E-state index contributed by atoms with van der Waals surface area (Å²) in [6.45, 7) is 11.1. The summed E-state index contributed by atoms with van der Waals surface area (Å²) in [7, 11) is 0. The second kappa shape index (κ2) is 13.2. The fourth-order valence-electron chi connectivity index (χ4n) is 3.05. The van der Waals surface area contributed by atoms with E-state index in [9.17, 15) is 9.50 Å². The van der Waals surface area contributed by atoms with E-state index in [0.29, 0.717) is 12.6 Å². The topological polar surface area (TPSA) is 69.1 Å². The first-order valence-corrected chi connectivity index (χ1v) is 9.84. The zero-order chi connectivity index (χ0) is 19.6. The van der Waals surface area contributed by atoms with Gasteiger partial charge in [0, 0.05) is 32.2 Å². The molecule has 0 atom stereocenters. The number of benzene rings is 1. The van der Waals surface area contributed by atoms with Gasteiger partial charge in [-0.15, -0.1) is 24.0 Å². The van der Waals surface area contributed by atoms with Crippen LogP contribution < -0.4 is 10.6 Å². The monoisotopic (exact) mass is 508 g/mol. The smallest absolute Gasteiger partial charge is 0.191 e. The van der Waals surface area contributed by atoms with Crippen molar-refractivity contribution in [1.82, 2.24) is 15.5 Å². The van der Waals surface area contributed by atoms with Crippen LogP contribution in [0, 0.1) is 5.82 Å². The molecule has 0 aliphatic carbocycles. The first-order valence-electron chi connectivity index (χ1n) is 9.84. The molecule has 1 aliphatic heterocycles. The summed E-state index contributed by atoms with van der Waals surface area (Å²) in [4.78, 5) is 6.98. The summed E-state index contributed by atoms with van der Waals surface area (Å²) >= 11 is 0. The van der Waals surface area contributed by atoms with Gasteiger partial charge < -0.3 is 25.4 Å². The fourth-order valence-corrected chi connectivity index (χ4v) is 3.05. The molecule has 0 spiro atoms. The highest BCUT2D eigenvalue weighted by Crippen LogP contribution is 2.16. The second-order valence-electron chi connectivity index (χ2n) is 7.16. The minimum absolute atomic E-state index is 0. The Balaban J connectivity index is 0.00000392. The fraction of sp³-hybridized carbons (Fsp3) is 0.650. The van der Waals surface area contributed by atoms with Crippen LogP contribution in [0.2, 0.25) is 0 Å². The van der Waals surface area contributed by atoms with E-state index in [2.05, 4.69) is 34.4 Å². The molecular formula is C20H34FIN4O2. The van der Waals surface area contributed by atoms with Crippen molar-refractivity contribution in [2.45, 2.75) is 52.3 Å². The van der Waals surface area contributed by atoms with Crippen molar-refractivity contribution >= 4 is 29.9 Å². The van der Waals surface area contributed by atoms with Crippen LogP contribution in [0.3, 0.4) is 0 Å². The van der Waals surface area contributed by atoms with E-state index in [0.717, 1.165) is 57.2 Å². The van der Waals surface area contributed by atoms with E-state index in [1.54, 1.807) is 6.07 Å². The Bertz CT molecular complexity index is 608. The molecule has 2 rings (SSSR count). The van der Waals surface area contributed by atoms with Gasteiger partial charge in [0.05, 0.1) is 19.3 Å².